The molecule has 0 fully saturated rings. The molecule has 6 heteroatoms. The third-order valence-electron chi connectivity index (χ3n) is 3.04. The molecular weight excluding hydrogens is 273 g/mol. The standard InChI is InChI=1S/C15H24FN3O2/c1-11(2)6-8-21-9-7-18-10-12-4-3-5-13(14(12)16)15(17)19-20/h3-5,11,18,20H,6-10H2,1-2H3,(H2,17,19). The van der Waals surface area contributed by atoms with Gasteiger partial charge in [-0.05, 0) is 18.4 Å². The van der Waals surface area contributed by atoms with Crippen LogP contribution in [0.5, 0.6) is 0 Å². The van der Waals surface area contributed by atoms with E-state index in [1.165, 1.54) is 6.07 Å². The van der Waals surface area contributed by atoms with Crippen LogP contribution in [0.4, 0.5) is 4.39 Å². The number of amidine groups is 1. The molecule has 0 saturated carbocycles. The number of hydrogen-bond donors (Lipinski definition) is 3. The SMILES string of the molecule is CC(C)CCOCCNCc1cccc(/C(N)=N/O)c1F. The normalized spacial score (nSPS) is 12.1. The van der Waals surface area contributed by atoms with E-state index in [0.717, 1.165) is 13.0 Å². The van der Waals surface area contributed by atoms with Gasteiger partial charge in [-0.3, -0.25) is 0 Å². The quantitative estimate of drug-likeness (QED) is 0.214. The van der Waals surface area contributed by atoms with Crippen molar-refractivity contribution < 1.29 is 14.3 Å². The average Bonchev–Trinajstić information content (AvgIpc) is 2.46. The lowest BCUT2D eigenvalue weighted by atomic mass is 10.1. The second-order valence-electron chi connectivity index (χ2n) is 5.24. The number of oxime groups is 1. The van der Waals surface area contributed by atoms with Gasteiger partial charge < -0.3 is 21.0 Å². The lowest BCUT2D eigenvalue weighted by molar-refractivity contribution is 0.125. The van der Waals surface area contributed by atoms with Gasteiger partial charge in [0.1, 0.15) is 5.82 Å². The van der Waals surface area contributed by atoms with Crippen molar-refractivity contribution in [3.63, 3.8) is 0 Å². The summed E-state index contributed by atoms with van der Waals surface area (Å²) < 4.78 is 19.5. The number of nitrogens with one attached hydrogen (secondary N) is 1. The first-order chi connectivity index (χ1) is 10.1. The van der Waals surface area contributed by atoms with Gasteiger partial charge in [-0.15, -0.1) is 0 Å². The Balaban J connectivity index is 2.36. The summed E-state index contributed by atoms with van der Waals surface area (Å²) in [6.07, 6.45) is 1.04. The van der Waals surface area contributed by atoms with Crippen molar-refractivity contribution in [1.29, 1.82) is 0 Å². The molecule has 1 aromatic carbocycles. The van der Waals surface area contributed by atoms with E-state index < -0.39 is 5.82 Å². The maximum atomic E-state index is 14.1. The Morgan fingerprint density at radius 3 is 2.86 bits per heavy atom. The Morgan fingerprint density at radius 2 is 2.19 bits per heavy atom. The van der Waals surface area contributed by atoms with Crippen molar-refractivity contribution >= 4 is 5.84 Å². The lowest BCUT2D eigenvalue weighted by Crippen LogP contribution is -2.22. The first kappa shape index (κ1) is 17.4. The molecule has 0 heterocycles. The topological polar surface area (TPSA) is 79.9 Å². The van der Waals surface area contributed by atoms with Gasteiger partial charge in [-0.2, -0.15) is 0 Å². The number of ether oxygens (including phenoxy) is 1. The minimum absolute atomic E-state index is 0.102. The van der Waals surface area contributed by atoms with E-state index in [0.29, 0.717) is 31.2 Å². The number of rotatable bonds is 9. The van der Waals surface area contributed by atoms with E-state index in [2.05, 4.69) is 24.3 Å². The molecule has 0 atom stereocenters. The van der Waals surface area contributed by atoms with Crippen LogP contribution in [0.2, 0.25) is 0 Å². The second kappa shape index (κ2) is 9.31. The van der Waals surface area contributed by atoms with Crippen LogP contribution in [-0.2, 0) is 11.3 Å². The van der Waals surface area contributed by atoms with Crippen molar-refractivity contribution in [2.24, 2.45) is 16.8 Å². The summed E-state index contributed by atoms with van der Waals surface area (Å²) in [4.78, 5) is 0. The molecule has 21 heavy (non-hydrogen) atoms. The molecule has 0 aliphatic carbocycles. The number of hydrogen-bond acceptors (Lipinski definition) is 4. The van der Waals surface area contributed by atoms with E-state index in [-0.39, 0.29) is 11.4 Å². The predicted octanol–water partition coefficient (Wildman–Crippen LogP) is 2.07. The molecule has 0 amide bonds. The summed E-state index contributed by atoms with van der Waals surface area (Å²) in [5.41, 5.74) is 5.99. The van der Waals surface area contributed by atoms with Crippen LogP contribution in [0.3, 0.4) is 0 Å². The first-order valence-corrected chi connectivity index (χ1v) is 7.10. The highest BCUT2D eigenvalue weighted by atomic mass is 19.1. The predicted molar refractivity (Wildman–Crippen MR) is 80.9 cm³/mol. The minimum Gasteiger partial charge on any atom is -0.409 e. The molecule has 0 aliphatic rings. The van der Waals surface area contributed by atoms with E-state index in [1.54, 1.807) is 12.1 Å². The maximum absolute atomic E-state index is 14.1. The van der Waals surface area contributed by atoms with Crippen LogP contribution in [-0.4, -0.2) is 30.8 Å². The summed E-state index contributed by atoms with van der Waals surface area (Å²) in [6, 6.07) is 4.81. The van der Waals surface area contributed by atoms with Gasteiger partial charge in [0.2, 0.25) is 0 Å². The smallest absolute Gasteiger partial charge is 0.173 e. The molecule has 0 unspecified atom stereocenters. The van der Waals surface area contributed by atoms with Gasteiger partial charge in [0.15, 0.2) is 5.84 Å². The van der Waals surface area contributed by atoms with Crippen LogP contribution in [0.25, 0.3) is 0 Å². The Labute approximate surface area is 125 Å². The van der Waals surface area contributed by atoms with Crippen LogP contribution in [0, 0.1) is 11.7 Å². The molecule has 4 N–H and O–H groups in total. The summed E-state index contributed by atoms with van der Waals surface area (Å²) in [7, 11) is 0. The van der Waals surface area contributed by atoms with Crippen LogP contribution < -0.4 is 11.1 Å². The van der Waals surface area contributed by atoms with Gasteiger partial charge in [-0.1, -0.05) is 31.1 Å². The van der Waals surface area contributed by atoms with E-state index in [4.69, 9.17) is 15.7 Å². The largest absolute Gasteiger partial charge is 0.409 e. The highest BCUT2D eigenvalue weighted by Crippen LogP contribution is 2.12. The van der Waals surface area contributed by atoms with Gasteiger partial charge in [0.05, 0.1) is 12.2 Å². The third kappa shape index (κ3) is 6.10. The van der Waals surface area contributed by atoms with Gasteiger partial charge in [0, 0.05) is 25.3 Å². The molecule has 0 aliphatic heterocycles. The summed E-state index contributed by atoms with van der Waals surface area (Å²) in [5.74, 6) is -0.0687. The van der Waals surface area contributed by atoms with Crippen LogP contribution >= 0.6 is 0 Å². The zero-order chi connectivity index (χ0) is 15.7. The maximum Gasteiger partial charge on any atom is 0.173 e. The fourth-order valence-electron chi connectivity index (χ4n) is 1.76. The molecule has 0 bridgehead atoms. The van der Waals surface area contributed by atoms with Crippen molar-refractivity contribution in [3.05, 3.63) is 35.1 Å². The Morgan fingerprint density at radius 1 is 1.43 bits per heavy atom. The zero-order valence-electron chi connectivity index (χ0n) is 12.6. The van der Waals surface area contributed by atoms with E-state index in [1.807, 2.05) is 0 Å². The van der Waals surface area contributed by atoms with Crippen LogP contribution in [0.1, 0.15) is 31.4 Å². The molecule has 1 rings (SSSR count). The molecule has 118 valence electrons. The Kier molecular flexibility index (Phi) is 7.71. The second-order valence-corrected chi connectivity index (χ2v) is 5.24. The van der Waals surface area contributed by atoms with Crippen molar-refractivity contribution in [3.8, 4) is 0 Å². The van der Waals surface area contributed by atoms with Crippen LogP contribution in [0.15, 0.2) is 23.4 Å². The molecule has 0 saturated heterocycles. The Hall–Kier alpha value is -1.66. The Bertz CT molecular complexity index is 464. The summed E-state index contributed by atoms with van der Waals surface area (Å²) >= 11 is 0. The number of nitrogens with zero attached hydrogens (tertiary/aromatic N) is 1. The highest BCUT2D eigenvalue weighted by Gasteiger charge is 2.10. The average molecular weight is 297 g/mol. The van der Waals surface area contributed by atoms with Crippen molar-refractivity contribution in [1.82, 2.24) is 5.32 Å². The molecule has 0 spiro atoms. The number of benzene rings is 1. The third-order valence-corrected chi connectivity index (χ3v) is 3.04. The molecule has 0 radical (unpaired) electrons. The van der Waals surface area contributed by atoms with E-state index in [9.17, 15) is 4.39 Å². The molecule has 5 nitrogen and oxygen atoms in total. The summed E-state index contributed by atoms with van der Waals surface area (Å²) in [5, 5.41) is 14.5. The minimum atomic E-state index is -0.471. The number of nitrogens with two attached hydrogens (primary N) is 1. The zero-order valence-corrected chi connectivity index (χ0v) is 12.6. The fourth-order valence-corrected chi connectivity index (χ4v) is 1.76. The molecular formula is C15H24FN3O2. The lowest BCUT2D eigenvalue weighted by Gasteiger charge is -2.10. The van der Waals surface area contributed by atoms with Crippen molar-refractivity contribution in [2.45, 2.75) is 26.8 Å². The molecule has 0 aromatic heterocycles. The fraction of sp³-hybridized carbons (Fsp3) is 0.533. The van der Waals surface area contributed by atoms with E-state index >= 15 is 0 Å². The van der Waals surface area contributed by atoms with Crippen molar-refractivity contribution in [2.75, 3.05) is 19.8 Å². The number of halogens is 1. The monoisotopic (exact) mass is 297 g/mol. The van der Waals surface area contributed by atoms with Gasteiger partial charge in [0.25, 0.3) is 0 Å². The highest BCUT2D eigenvalue weighted by molar-refractivity contribution is 5.97. The first-order valence-electron chi connectivity index (χ1n) is 7.10. The van der Waals surface area contributed by atoms with Gasteiger partial charge in [-0.25, -0.2) is 4.39 Å². The molecule has 1 aromatic rings. The van der Waals surface area contributed by atoms with Gasteiger partial charge >= 0.3 is 0 Å². The summed E-state index contributed by atoms with van der Waals surface area (Å²) in [6.45, 7) is 6.65.